The predicted octanol–water partition coefficient (Wildman–Crippen LogP) is 2.59. The Morgan fingerprint density at radius 3 is 2.47 bits per heavy atom. The number of ether oxygens (including phenoxy) is 1. The lowest BCUT2D eigenvalue weighted by Crippen LogP contribution is -2.10. The molecule has 0 aliphatic heterocycles. The lowest BCUT2D eigenvalue weighted by Gasteiger charge is -2.17. The van der Waals surface area contributed by atoms with Crippen molar-refractivity contribution in [1.82, 2.24) is 0 Å². The predicted molar refractivity (Wildman–Crippen MR) is 66.8 cm³/mol. The molecule has 0 aliphatic carbocycles. The van der Waals surface area contributed by atoms with Crippen LogP contribution in [0.2, 0.25) is 0 Å². The largest absolute Gasteiger partial charge is 0.496 e. The number of hydrogen-bond acceptors (Lipinski definition) is 3. The van der Waals surface area contributed by atoms with Gasteiger partial charge in [0.25, 0.3) is 0 Å². The third kappa shape index (κ3) is 3.06. The Labute approximate surface area is 101 Å². The van der Waals surface area contributed by atoms with Gasteiger partial charge in [0.15, 0.2) is 0 Å². The Morgan fingerprint density at radius 1 is 1.41 bits per heavy atom. The molecule has 0 aliphatic rings. The third-order valence-electron chi connectivity index (χ3n) is 2.41. The second-order valence-corrected chi connectivity index (χ2v) is 4.14. The Hall–Kier alpha value is -1.84. The molecule has 0 fully saturated rings. The molecule has 0 aromatic heterocycles. The van der Waals surface area contributed by atoms with E-state index >= 15 is 0 Å². The summed E-state index contributed by atoms with van der Waals surface area (Å²) in [5.41, 5.74) is 2.01. The van der Waals surface area contributed by atoms with Crippen molar-refractivity contribution in [3.63, 3.8) is 0 Å². The van der Waals surface area contributed by atoms with Gasteiger partial charge in [-0.15, -0.1) is 0 Å². The van der Waals surface area contributed by atoms with E-state index in [1.165, 1.54) is 6.92 Å². The van der Waals surface area contributed by atoms with E-state index in [0.29, 0.717) is 17.0 Å². The van der Waals surface area contributed by atoms with Crippen LogP contribution in [0, 0.1) is 0 Å². The number of hydrogen-bond donors (Lipinski definition) is 1. The molecule has 4 nitrogen and oxygen atoms in total. The zero-order valence-electron chi connectivity index (χ0n) is 10.5. The van der Waals surface area contributed by atoms with Gasteiger partial charge in [0, 0.05) is 23.7 Å². The van der Waals surface area contributed by atoms with Crippen molar-refractivity contribution in [2.45, 2.75) is 26.7 Å². The SMILES string of the molecule is COc1cc(C=O)cc(NC(C)=O)c1C(C)C. The first kappa shape index (κ1) is 13.2. The minimum Gasteiger partial charge on any atom is -0.496 e. The minimum absolute atomic E-state index is 0.169. The summed E-state index contributed by atoms with van der Waals surface area (Å²) in [6.07, 6.45) is 0.734. The van der Waals surface area contributed by atoms with Crippen LogP contribution in [0.25, 0.3) is 0 Å². The zero-order chi connectivity index (χ0) is 13.0. The van der Waals surface area contributed by atoms with Crippen LogP contribution in [0.1, 0.15) is 42.6 Å². The number of carbonyl (C=O) groups excluding carboxylic acids is 2. The van der Waals surface area contributed by atoms with Gasteiger partial charge < -0.3 is 10.1 Å². The first-order valence-corrected chi connectivity index (χ1v) is 5.44. The average molecular weight is 235 g/mol. The summed E-state index contributed by atoms with van der Waals surface area (Å²) in [4.78, 5) is 22.0. The van der Waals surface area contributed by atoms with Crippen LogP contribution in [-0.2, 0) is 4.79 Å². The van der Waals surface area contributed by atoms with E-state index in [2.05, 4.69) is 5.32 Å². The van der Waals surface area contributed by atoms with Crippen molar-refractivity contribution in [3.05, 3.63) is 23.3 Å². The van der Waals surface area contributed by atoms with Crippen molar-refractivity contribution in [1.29, 1.82) is 0 Å². The minimum atomic E-state index is -0.169. The molecule has 0 saturated carbocycles. The lowest BCUT2D eigenvalue weighted by molar-refractivity contribution is -0.114. The lowest BCUT2D eigenvalue weighted by atomic mass is 9.97. The number of nitrogens with one attached hydrogen (secondary N) is 1. The Kier molecular flexibility index (Phi) is 4.26. The summed E-state index contributed by atoms with van der Waals surface area (Å²) in [6, 6.07) is 3.33. The smallest absolute Gasteiger partial charge is 0.221 e. The molecule has 0 bridgehead atoms. The summed E-state index contributed by atoms with van der Waals surface area (Å²) in [5.74, 6) is 0.637. The molecule has 1 amide bonds. The first-order chi connectivity index (χ1) is 7.99. The number of methoxy groups -OCH3 is 1. The van der Waals surface area contributed by atoms with Crippen LogP contribution in [0.3, 0.4) is 0 Å². The Morgan fingerprint density at radius 2 is 2.06 bits per heavy atom. The maximum absolute atomic E-state index is 11.1. The fraction of sp³-hybridized carbons (Fsp3) is 0.385. The van der Waals surface area contributed by atoms with Crippen molar-refractivity contribution in [2.24, 2.45) is 0 Å². The molecule has 0 heterocycles. The topological polar surface area (TPSA) is 55.4 Å². The summed E-state index contributed by atoms with van der Waals surface area (Å²) in [6.45, 7) is 5.44. The van der Waals surface area contributed by atoms with Gasteiger partial charge in [0.1, 0.15) is 12.0 Å². The molecule has 1 N–H and O–H groups in total. The highest BCUT2D eigenvalue weighted by molar-refractivity contribution is 5.92. The summed E-state index contributed by atoms with van der Waals surface area (Å²) in [5, 5.41) is 2.73. The highest BCUT2D eigenvalue weighted by Gasteiger charge is 2.15. The van der Waals surface area contributed by atoms with Crippen molar-refractivity contribution in [2.75, 3.05) is 12.4 Å². The van der Waals surface area contributed by atoms with Crippen molar-refractivity contribution < 1.29 is 14.3 Å². The molecule has 0 atom stereocenters. The van der Waals surface area contributed by atoms with Gasteiger partial charge in [0.2, 0.25) is 5.91 Å². The molecule has 4 heteroatoms. The monoisotopic (exact) mass is 235 g/mol. The number of anilines is 1. The van der Waals surface area contributed by atoms with Gasteiger partial charge in [-0.1, -0.05) is 13.8 Å². The highest BCUT2D eigenvalue weighted by atomic mass is 16.5. The van der Waals surface area contributed by atoms with Gasteiger partial charge in [-0.2, -0.15) is 0 Å². The maximum atomic E-state index is 11.1. The van der Waals surface area contributed by atoms with Crippen LogP contribution in [-0.4, -0.2) is 19.3 Å². The summed E-state index contributed by atoms with van der Waals surface area (Å²) in [7, 11) is 1.55. The number of benzene rings is 1. The zero-order valence-corrected chi connectivity index (χ0v) is 10.5. The van der Waals surface area contributed by atoms with E-state index in [1.54, 1.807) is 19.2 Å². The van der Waals surface area contributed by atoms with E-state index in [1.807, 2.05) is 13.8 Å². The van der Waals surface area contributed by atoms with Gasteiger partial charge in [0.05, 0.1) is 7.11 Å². The van der Waals surface area contributed by atoms with Crippen LogP contribution in [0.15, 0.2) is 12.1 Å². The molecule has 0 spiro atoms. The summed E-state index contributed by atoms with van der Waals surface area (Å²) < 4.78 is 5.26. The molecular formula is C13H17NO3. The van der Waals surface area contributed by atoms with Crippen molar-refractivity contribution >= 4 is 17.9 Å². The van der Waals surface area contributed by atoms with Crippen LogP contribution in [0.4, 0.5) is 5.69 Å². The molecule has 1 aromatic carbocycles. The van der Waals surface area contributed by atoms with E-state index in [4.69, 9.17) is 4.74 Å². The van der Waals surface area contributed by atoms with E-state index < -0.39 is 0 Å². The van der Waals surface area contributed by atoms with Gasteiger partial charge in [-0.3, -0.25) is 9.59 Å². The summed E-state index contributed by atoms with van der Waals surface area (Å²) >= 11 is 0. The average Bonchev–Trinajstić information content (AvgIpc) is 2.26. The van der Waals surface area contributed by atoms with Gasteiger partial charge in [-0.25, -0.2) is 0 Å². The quantitative estimate of drug-likeness (QED) is 0.816. The molecule has 0 radical (unpaired) electrons. The fourth-order valence-electron chi connectivity index (χ4n) is 1.77. The Balaban J connectivity index is 3.39. The molecule has 1 rings (SSSR count). The van der Waals surface area contributed by atoms with Crippen LogP contribution in [0.5, 0.6) is 5.75 Å². The highest BCUT2D eigenvalue weighted by Crippen LogP contribution is 2.34. The fourth-order valence-corrected chi connectivity index (χ4v) is 1.77. The maximum Gasteiger partial charge on any atom is 0.221 e. The standard InChI is InChI=1S/C13H17NO3/c1-8(2)13-11(14-9(3)16)5-10(7-15)6-12(13)17-4/h5-8H,1-4H3,(H,14,16). The van der Waals surface area contributed by atoms with Crippen LogP contribution < -0.4 is 10.1 Å². The number of amides is 1. The van der Waals surface area contributed by atoms with Crippen LogP contribution >= 0.6 is 0 Å². The number of carbonyl (C=O) groups is 2. The third-order valence-corrected chi connectivity index (χ3v) is 2.41. The van der Waals surface area contributed by atoms with Gasteiger partial charge in [-0.05, 0) is 18.1 Å². The van der Waals surface area contributed by atoms with Crippen molar-refractivity contribution in [3.8, 4) is 5.75 Å². The second kappa shape index (κ2) is 5.48. The normalized spacial score (nSPS) is 10.2. The van der Waals surface area contributed by atoms with E-state index in [9.17, 15) is 9.59 Å². The van der Waals surface area contributed by atoms with Gasteiger partial charge >= 0.3 is 0 Å². The molecular weight excluding hydrogens is 218 g/mol. The second-order valence-electron chi connectivity index (χ2n) is 4.14. The first-order valence-electron chi connectivity index (χ1n) is 5.44. The Bertz CT molecular complexity index is 439. The van der Waals surface area contributed by atoms with E-state index in [-0.39, 0.29) is 11.8 Å². The molecule has 0 saturated heterocycles. The molecule has 92 valence electrons. The van der Waals surface area contributed by atoms with E-state index in [0.717, 1.165) is 11.8 Å². The molecule has 17 heavy (non-hydrogen) atoms. The molecule has 1 aromatic rings. The molecule has 0 unspecified atom stereocenters. The number of rotatable bonds is 4. The number of aldehydes is 1.